The lowest BCUT2D eigenvalue weighted by molar-refractivity contribution is -0.120. The summed E-state index contributed by atoms with van der Waals surface area (Å²) >= 11 is 0. The maximum absolute atomic E-state index is 12.2. The van der Waals surface area contributed by atoms with E-state index in [-0.39, 0.29) is 5.41 Å². The van der Waals surface area contributed by atoms with Crippen LogP contribution in [0.25, 0.3) is 0 Å². The summed E-state index contributed by atoms with van der Waals surface area (Å²) in [5.41, 5.74) is 7.44. The number of benzene rings is 1. The standard InChI is InChI=1S/C24H30N4O2/c1-2-3-14-30-21-9-7-20(8-10-21)22(23(25)29)28-18-24(11-5-13-27-17-24)15-19-6-4-12-26-16-19/h4-13,16,22,28H,2-3,14-15,17-18H2,1H3,(H2,25,29). The molecule has 1 aromatic carbocycles. The van der Waals surface area contributed by atoms with Gasteiger partial charge in [-0.15, -0.1) is 0 Å². The number of nitrogens with one attached hydrogen (secondary N) is 1. The van der Waals surface area contributed by atoms with Crippen LogP contribution in [0.1, 0.15) is 36.9 Å². The summed E-state index contributed by atoms with van der Waals surface area (Å²) < 4.78 is 5.71. The molecule has 0 radical (unpaired) electrons. The zero-order valence-electron chi connectivity index (χ0n) is 17.5. The monoisotopic (exact) mass is 406 g/mol. The van der Waals surface area contributed by atoms with Crippen molar-refractivity contribution in [1.29, 1.82) is 0 Å². The van der Waals surface area contributed by atoms with Crippen LogP contribution in [0.3, 0.4) is 0 Å². The molecule has 0 fully saturated rings. The Morgan fingerprint density at radius 2 is 2.13 bits per heavy atom. The third kappa shape index (κ3) is 6.00. The van der Waals surface area contributed by atoms with E-state index in [4.69, 9.17) is 10.5 Å². The summed E-state index contributed by atoms with van der Waals surface area (Å²) in [4.78, 5) is 20.9. The number of hydrogen-bond donors (Lipinski definition) is 2. The van der Waals surface area contributed by atoms with Gasteiger partial charge in [-0.2, -0.15) is 0 Å². The number of hydrogen-bond acceptors (Lipinski definition) is 5. The zero-order valence-corrected chi connectivity index (χ0v) is 17.5. The molecular weight excluding hydrogens is 376 g/mol. The lowest BCUT2D eigenvalue weighted by Gasteiger charge is -2.32. The van der Waals surface area contributed by atoms with E-state index in [9.17, 15) is 4.79 Å². The Labute approximate surface area is 178 Å². The minimum Gasteiger partial charge on any atom is -0.494 e. The maximum atomic E-state index is 12.2. The molecule has 0 spiro atoms. The van der Waals surface area contributed by atoms with Crippen molar-refractivity contribution in [2.75, 3.05) is 19.7 Å². The number of aromatic nitrogens is 1. The number of rotatable bonds is 11. The van der Waals surface area contributed by atoms with Gasteiger partial charge in [0.15, 0.2) is 0 Å². The van der Waals surface area contributed by atoms with Crippen molar-refractivity contribution in [1.82, 2.24) is 10.3 Å². The molecule has 0 saturated heterocycles. The van der Waals surface area contributed by atoms with Gasteiger partial charge >= 0.3 is 0 Å². The predicted molar refractivity (Wildman–Crippen MR) is 120 cm³/mol. The highest BCUT2D eigenvalue weighted by Crippen LogP contribution is 2.28. The number of primary amides is 1. The molecule has 2 aromatic rings. The molecule has 3 rings (SSSR count). The van der Waals surface area contributed by atoms with Crippen LogP contribution in [-0.2, 0) is 11.2 Å². The second-order valence-corrected chi connectivity index (χ2v) is 7.74. The van der Waals surface area contributed by atoms with E-state index in [0.717, 1.165) is 36.1 Å². The highest BCUT2D eigenvalue weighted by atomic mass is 16.5. The smallest absolute Gasteiger partial charge is 0.239 e. The molecule has 2 heterocycles. The van der Waals surface area contributed by atoms with Crippen molar-refractivity contribution < 1.29 is 9.53 Å². The normalized spacial score (nSPS) is 18.8. The SMILES string of the molecule is CCCCOc1ccc(C(NCC2(Cc3cccnc3)C=CC=NC2)C(N)=O)cc1. The Kier molecular flexibility index (Phi) is 7.74. The summed E-state index contributed by atoms with van der Waals surface area (Å²) in [5.74, 6) is 0.391. The largest absolute Gasteiger partial charge is 0.494 e. The molecule has 1 aliphatic heterocycles. The molecule has 158 valence electrons. The van der Waals surface area contributed by atoms with E-state index in [1.54, 1.807) is 6.20 Å². The third-order valence-corrected chi connectivity index (χ3v) is 5.25. The highest BCUT2D eigenvalue weighted by Gasteiger charge is 2.31. The van der Waals surface area contributed by atoms with E-state index in [2.05, 4.69) is 34.4 Å². The molecule has 30 heavy (non-hydrogen) atoms. The average molecular weight is 407 g/mol. The number of allylic oxidation sites excluding steroid dienone is 1. The quantitative estimate of drug-likeness (QED) is 0.561. The van der Waals surface area contributed by atoms with Crippen molar-refractivity contribution in [3.63, 3.8) is 0 Å². The van der Waals surface area contributed by atoms with Crippen LogP contribution in [0.15, 0.2) is 65.9 Å². The Morgan fingerprint density at radius 3 is 2.77 bits per heavy atom. The van der Waals surface area contributed by atoms with Gasteiger partial charge in [-0.25, -0.2) is 0 Å². The Balaban J connectivity index is 1.69. The van der Waals surface area contributed by atoms with Crippen molar-refractivity contribution in [2.45, 2.75) is 32.2 Å². The third-order valence-electron chi connectivity index (χ3n) is 5.25. The highest BCUT2D eigenvalue weighted by molar-refractivity contribution is 5.81. The summed E-state index contributed by atoms with van der Waals surface area (Å²) in [7, 11) is 0. The number of carbonyl (C=O) groups is 1. The van der Waals surface area contributed by atoms with Gasteiger partial charge in [-0.3, -0.25) is 14.8 Å². The van der Waals surface area contributed by atoms with Crippen LogP contribution >= 0.6 is 0 Å². The van der Waals surface area contributed by atoms with Gasteiger partial charge in [0.25, 0.3) is 0 Å². The van der Waals surface area contributed by atoms with Gasteiger partial charge in [0.2, 0.25) is 5.91 Å². The first kappa shape index (κ1) is 21.7. The Bertz CT molecular complexity index is 865. The van der Waals surface area contributed by atoms with Gasteiger partial charge in [-0.1, -0.05) is 37.6 Å². The van der Waals surface area contributed by atoms with E-state index >= 15 is 0 Å². The van der Waals surface area contributed by atoms with E-state index in [1.807, 2.05) is 48.8 Å². The van der Waals surface area contributed by atoms with Crippen LogP contribution in [0.4, 0.5) is 0 Å². The summed E-state index contributed by atoms with van der Waals surface area (Å²) in [5, 5.41) is 3.38. The Hall–Kier alpha value is -2.99. The number of carbonyl (C=O) groups excluding carboxylic acids is 1. The molecule has 1 aliphatic rings. The predicted octanol–water partition coefficient (Wildman–Crippen LogP) is 3.25. The fraction of sp³-hybridized carbons (Fsp3) is 0.375. The first-order valence-electron chi connectivity index (χ1n) is 10.4. The van der Waals surface area contributed by atoms with Crippen molar-refractivity contribution in [3.8, 4) is 5.75 Å². The molecule has 0 aliphatic carbocycles. The first-order valence-corrected chi connectivity index (χ1v) is 10.4. The minimum atomic E-state index is -0.584. The van der Waals surface area contributed by atoms with E-state index < -0.39 is 11.9 Å². The average Bonchev–Trinajstić information content (AvgIpc) is 2.76. The fourth-order valence-electron chi connectivity index (χ4n) is 3.58. The molecule has 0 bridgehead atoms. The van der Waals surface area contributed by atoms with Crippen LogP contribution in [-0.4, -0.2) is 36.8 Å². The van der Waals surface area contributed by atoms with Crippen LogP contribution in [0.5, 0.6) is 5.75 Å². The van der Waals surface area contributed by atoms with Gasteiger partial charge in [0, 0.05) is 37.1 Å². The second kappa shape index (κ2) is 10.7. The number of amides is 1. The number of dihydropyridines is 1. The molecule has 3 N–H and O–H groups in total. The number of unbranched alkanes of at least 4 members (excludes halogenated alkanes) is 1. The fourth-order valence-corrected chi connectivity index (χ4v) is 3.58. The molecule has 1 amide bonds. The van der Waals surface area contributed by atoms with Gasteiger partial charge in [0.1, 0.15) is 11.8 Å². The number of ether oxygens (including phenoxy) is 1. The second-order valence-electron chi connectivity index (χ2n) is 7.74. The number of aliphatic imine (C=N–C) groups is 1. The number of nitrogens with two attached hydrogens (primary N) is 1. The number of nitrogens with zero attached hydrogens (tertiary/aromatic N) is 2. The van der Waals surface area contributed by atoms with Crippen molar-refractivity contribution >= 4 is 12.1 Å². The lowest BCUT2D eigenvalue weighted by Crippen LogP contribution is -2.43. The summed E-state index contributed by atoms with van der Waals surface area (Å²) in [6.07, 6.45) is 12.4. The van der Waals surface area contributed by atoms with Crippen molar-refractivity contribution in [2.24, 2.45) is 16.1 Å². The van der Waals surface area contributed by atoms with Crippen LogP contribution < -0.4 is 15.8 Å². The molecule has 0 saturated carbocycles. The summed E-state index contributed by atoms with van der Waals surface area (Å²) in [6.45, 7) is 4.03. The number of pyridine rings is 1. The van der Waals surface area contributed by atoms with E-state index in [0.29, 0.717) is 19.7 Å². The van der Waals surface area contributed by atoms with Crippen molar-refractivity contribution in [3.05, 3.63) is 72.1 Å². The zero-order chi connectivity index (χ0) is 21.2. The molecular formula is C24H30N4O2. The molecule has 2 unspecified atom stereocenters. The minimum absolute atomic E-state index is 0.241. The Morgan fingerprint density at radius 1 is 1.30 bits per heavy atom. The van der Waals surface area contributed by atoms with Crippen LogP contribution in [0, 0.1) is 5.41 Å². The van der Waals surface area contributed by atoms with Gasteiger partial charge in [0.05, 0.1) is 6.61 Å². The topological polar surface area (TPSA) is 89.6 Å². The summed E-state index contributed by atoms with van der Waals surface area (Å²) in [6, 6.07) is 11.0. The van der Waals surface area contributed by atoms with Gasteiger partial charge < -0.3 is 15.8 Å². The van der Waals surface area contributed by atoms with Crippen LogP contribution in [0.2, 0.25) is 0 Å². The van der Waals surface area contributed by atoms with E-state index in [1.165, 1.54) is 0 Å². The molecule has 6 nitrogen and oxygen atoms in total. The van der Waals surface area contributed by atoms with Gasteiger partial charge in [-0.05, 0) is 48.2 Å². The maximum Gasteiger partial charge on any atom is 0.239 e. The first-order chi connectivity index (χ1) is 14.6. The molecule has 6 heteroatoms. The molecule has 1 aromatic heterocycles. The molecule has 2 atom stereocenters. The lowest BCUT2D eigenvalue weighted by atomic mass is 9.80.